The maximum Gasteiger partial charge on any atom is 0.321 e. The van der Waals surface area contributed by atoms with Crippen molar-refractivity contribution >= 4 is 11.7 Å². The molecule has 1 aliphatic heterocycles. The molecule has 5 heteroatoms. The van der Waals surface area contributed by atoms with Crippen LogP contribution in [0, 0.1) is 0 Å². The van der Waals surface area contributed by atoms with Gasteiger partial charge in [-0.25, -0.2) is 4.79 Å². The number of hydrogen-bond donors (Lipinski definition) is 1. The Hall–Kier alpha value is -1.75. The number of urea groups is 1. The van der Waals surface area contributed by atoms with E-state index in [0.717, 1.165) is 17.0 Å². The third kappa shape index (κ3) is 4.11. The van der Waals surface area contributed by atoms with Crippen LogP contribution >= 0.6 is 0 Å². The molecule has 2 amide bonds. The summed E-state index contributed by atoms with van der Waals surface area (Å²) >= 11 is 0. The molecular formula is C16H24N2O3. The standard InChI is InChI=1S/C16H24N2O3/c1-4-21-15-6-5-13(11-14(15)12(2)3)17-16(19)18-7-9-20-10-8-18/h5-6,11-12H,4,7-10H2,1-3H3,(H,17,19). The Morgan fingerprint density at radius 2 is 2.10 bits per heavy atom. The minimum absolute atomic E-state index is 0.0721. The molecule has 0 atom stereocenters. The molecule has 2 rings (SSSR count). The minimum Gasteiger partial charge on any atom is -0.494 e. The lowest BCUT2D eigenvalue weighted by atomic mass is 10.0. The number of rotatable bonds is 4. The topological polar surface area (TPSA) is 50.8 Å². The maximum absolute atomic E-state index is 12.2. The van der Waals surface area contributed by atoms with Gasteiger partial charge in [0.25, 0.3) is 0 Å². The van der Waals surface area contributed by atoms with Gasteiger partial charge in [0.2, 0.25) is 0 Å². The number of carbonyl (C=O) groups is 1. The summed E-state index contributed by atoms with van der Waals surface area (Å²) in [6, 6.07) is 5.73. The van der Waals surface area contributed by atoms with Gasteiger partial charge < -0.3 is 19.7 Å². The smallest absolute Gasteiger partial charge is 0.321 e. The fourth-order valence-electron chi connectivity index (χ4n) is 2.33. The van der Waals surface area contributed by atoms with E-state index < -0.39 is 0 Å². The molecule has 1 saturated heterocycles. The Morgan fingerprint density at radius 3 is 2.71 bits per heavy atom. The molecule has 116 valence electrons. The van der Waals surface area contributed by atoms with Gasteiger partial charge in [-0.1, -0.05) is 13.8 Å². The number of nitrogens with one attached hydrogen (secondary N) is 1. The summed E-state index contributed by atoms with van der Waals surface area (Å²) in [4.78, 5) is 14.0. The zero-order chi connectivity index (χ0) is 15.2. The highest BCUT2D eigenvalue weighted by Crippen LogP contribution is 2.29. The monoisotopic (exact) mass is 292 g/mol. The number of carbonyl (C=O) groups excluding carboxylic acids is 1. The highest BCUT2D eigenvalue weighted by molar-refractivity contribution is 5.89. The highest BCUT2D eigenvalue weighted by Gasteiger charge is 2.17. The van der Waals surface area contributed by atoms with Crippen molar-refractivity contribution in [3.63, 3.8) is 0 Å². The Balaban J connectivity index is 2.09. The van der Waals surface area contributed by atoms with Crippen LogP contribution < -0.4 is 10.1 Å². The largest absolute Gasteiger partial charge is 0.494 e. The van der Waals surface area contributed by atoms with Crippen LogP contribution in [0.4, 0.5) is 10.5 Å². The summed E-state index contributed by atoms with van der Waals surface area (Å²) in [6.45, 7) is 9.33. The minimum atomic E-state index is -0.0721. The van der Waals surface area contributed by atoms with Gasteiger partial charge in [-0.15, -0.1) is 0 Å². The molecule has 0 saturated carbocycles. The van der Waals surface area contributed by atoms with Gasteiger partial charge in [-0.2, -0.15) is 0 Å². The summed E-state index contributed by atoms with van der Waals surface area (Å²) in [6.07, 6.45) is 0. The van der Waals surface area contributed by atoms with E-state index >= 15 is 0 Å². The predicted molar refractivity (Wildman–Crippen MR) is 83.1 cm³/mol. The number of anilines is 1. The van der Waals surface area contributed by atoms with E-state index in [-0.39, 0.29) is 6.03 Å². The SMILES string of the molecule is CCOc1ccc(NC(=O)N2CCOCC2)cc1C(C)C. The second-order valence-corrected chi connectivity index (χ2v) is 5.37. The molecule has 0 aliphatic carbocycles. The fourth-order valence-corrected chi connectivity index (χ4v) is 2.33. The summed E-state index contributed by atoms with van der Waals surface area (Å²) in [5, 5.41) is 2.95. The lowest BCUT2D eigenvalue weighted by molar-refractivity contribution is 0.0564. The molecule has 0 spiro atoms. The quantitative estimate of drug-likeness (QED) is 0.928. The van der Waals surface area contributed by atoms with Crippen LogP contribution in [0.15, 0.2) is 18.2 Å². The van der Waals surface area contributed by atoms with Crippen LogP contribution in [0.5, 0.6) is 5.75 Å². The first kappa shape index (κ1) is 15.6. The van der Waals surface area contributed by atoms with Crippen molar-refractivity contribution in [1.29, 1.82) is 0 Å². The average molecular weight is 292 g/mol. The van der Waals surface area contributed by atoms with Crippen LogP contribution in [0.3, 0.4) is 0 Å². The van der Waals surface area contributed by atoms with Crippen molar-refractivity contribution in [2.75, 3.05) is 38.2 Å². The van der Waals surface area contributed by atoms with Crippen LogP contribution in [0.1, 0.15) is 32.3 Å². The van der Waals surface area contributed by atoms with Crippen LogP contribution in [-0.4, -0.2) is 43.8 Å². The zero-order valence-electron chi connectivity index (χ0n) is 13.0. The summed E-state index contributed by atoms with van der Waals surface area (Å²) in [7, 11) is 0. The fraction of sp³-hybridized carbons (Fsp3) is 0.562. The molecule has 1 aromatic carbocycles. The van der Waals surface area contributed by atoms with Gasteiger partial charge in [0.15, 0.2) is 0 Å². The van der Waals surface area contributed by atoms with Gasteiger partial charge >= 0.3 is 6.03 Å². The van der Waals surface area contributed by atoms with Gasteiger partial charge in [0.1, 0.15) is 5.75 Å². The Labute approximate surface area is 126 Å². The molecule has 0 radical (unpaired) electrons. The van der Waals surface area contributed by atoms with Crippen molar-refractivity contribution in [1.82, 2.24) is 4.90 Å². The molecule has 1 aromatic rings. The van der Waals surface area contributed by atoms with E-state index in [1.807, 2.05) is 25.1 Å². The Morgan fingerprint density at radius 1 is 1.38 bits per heavy atom. The molecule has 0 unspecified atom stereocenters. The zero-order valence-corrected chi connectivity index (χ0v) is 13.0. The number of benzene rings is 1. The van der Waals surface area contributed by atoms with E-state index in [0.29, 0.717) is 38.8 Å². The third-order valence-corrected chi connectivity index (χ3v) is 3.48. The lowest BCUT2D eigenvalue weighted by Gasteiger charge is -2.27. The highest BCUT2D eigenvalue weighted by atomic mass is 16.5. The molecule has 1 fully saturated rings. The Bertz CT molecular complexity index is 482. The lowest BCUT2D eigenvalue weighted by Crippen LogP contribution is -2.43. The molecule has 0 bridgehead atoms. The van der Waals surface area contributed by atoms with Crippen molar-refractivity contribution in [3.05, 3.63) is 23.8 Å². The molecular weight excluding hydrogens is 268 g/mol. The van der Waals surface area contributed by atoms with Crippen LogP contribution in [0.2, 0.25) is 0 Å². The van der Waals surface area contributed by atoms with E-state index in [2.05, 4.69) is 19.2 Å². The summed E-state index contributed by atoms with van der Waals surface area (Å²) < 4.78 is 10.9. The van der Waals surface area contributed by atoms with Gasteiger partial charge in [0.05, 0.1) is 19.8 Å². The average Bonchev–Trinajstić information content (AvgIpc) is 2.49. The van der Waals surface area contributed by atoms with Crippen molar-refractivity contribution in [2.24, 2.45) is 0 Å². The number of morpholine rings is 1. The molecule has 5 nitrogen and oxygen atoms in total. The number of hydrogen-bond acceptors (Lipinski definition) is 3. The van der Waals surface area contributed by atoms with Crippen molar-refractivity contribution in [2.45, 2.75) is 26.7 Å². The van der Waals surface area contributed by atoms with Crippen LogP contribution in [-0.2, 0) is 4.74 Å². The van der Waals surface area contributed by atoms with Crippen molar-refractivity contribution in [3.8, 4) is 5.75 Å². The van der Waals surface area contributed by atoms with Crippen molar-refractivity contribution < 1.29 is 14.3 Å². The van der Waals surface area contributed by atoms with E-state index in [1.54, 1.807) is 4.90 Å². The number of nitrogens with zero attached hydrogens (tertiary/aromatic N) is 1. The second-order valence-electron chi connectivity index (χ2n) is 5.37. The maximum atomic E-state index is 12.2. The predicted octanol–water partition coefficient (Wildman–Crippen LogP) is 3.07. The van der Waals surface area contributed by atoms with Gasteiger partial charge in [0, 0.05) is 18.8 Å². The first-order valence-electron chi connectivity index (χ1n) is 7.52. The third-order valence-electron chi connectivity index (χ3n) is 3.48. The first-order chi connectivity index (χ1) is 10.1. The molecule has 0 aromatic heterocycles. The normalized spacial score (nSPS) is 15.1. The van der Waals surface area contributed by atoms with E-state index in [9.17, 15) is 4.79 Å². The molecule has 1 N–H and O–H groups in total. The first-order valence-corrected chi connectivity index (χ1v) is 7.52. The molecule has 21 heavy (non-hydrogen) atoms. The molecule has 1 aliphatic rings. The number of ether oxygens (including phenoxy) is 2. The van der Waals surface area contributed by atoms with E-state index in [4.69, 9.17) is 9.47 Å². The van der Waals surface area contributed by atoms with Gasteiger partial charge in [-0.3, -0.25) is 0 Å². The van der Waals surface area contributed by atoms with Gasteiger partial charge in [-0.05, 0) is 36.6 Å². The molecule has 1 heterocycles. The summed E-state index contributed by atoms with van der Waals surface area (Å²) in [5.74, 6) is 1.23. The van der Waals surface area contributed by atoms with E-state index in [1.165, 1.54) is 0 Å². The van der Waals surface area contributed by atoms with Crippen LogP contribution in [0.25, 0.3) is 0 Å². The number of amides is 2. The second kappa shape index (κ2) is 7.31. The summed E-state index contributed by atoms with van der Waals surface area (Å²) in [5.41, 5.74) is 1.91. The Kier molecular flexibility index (Phi) is 5.44.